The van der Waals surface area contributed by atoms with Crippen molar-refractivity contribution >= 4 is 5.69 Å². The summed E-state index contributed by atoms with van der Waals surface area (Å²) in [7, 11) is 0. The number of nitro benzene ring substituents is 1. The topological polar surface area (TPSA) is 43.1 Å². The maximum Gasteiger partial charge on any atom is 0.416 e. The van der Waals surface area contributed by atoms with Gasteiger partial charge in [-0.3, -0.25) is 10.1 Å². The molecule has 0 aliphatic heterocycles. The van der Waals surface area contributed by atoms with E-state index in [4.69, 9.17) is 6.42 Å². The van der Waals surface area contributed by atoms with Gasteiger partial charge in [0.1, 0.15) is 0 Å². The van der Waals surface area contributed by atoms with Crippen LogP contribution in [0.3, 0.4) is 0 Å². The summed E-state index contributed by atoms with van der Waals surface area (Å²) in [5, 5.41) is 10.5. The van der Waals surface area contributed by atoms with Crippen molar-refractivity contribution in [3.63, 3.8) is 0 Å². The van der Waals surface area contributed by atoms with Gasteiger partial charge in [0.25, 0.3) is 5.69 Å². The molecule has 0 aromatic heterocycles. The summed E-state index contributed by atoms with van der Waals surface area (Å²) < 4.78 is 37.5. The summed E-state index contributed by atoms with van der Waals surface area (Å²) in [4.78, 5) is 9.66. The van der Waals surface area contributed by atoms with Gasteiger partial charge < -0.3 is 0 Å². The molecule has 0 fully saturated rings. The highest BCUT2D eigenvalue weighted by Crippen LogP contribution is 2.34. The summed E-state index contributed by atoms with van der Waals surface area (Å²) >= 11 is 0. The Hall–Kier alpha value is -2.03. The van der Waals surface area contributed by atoms with E-state index in [1.165, 1.54) is 6.92 Å². The van der Waals surface area contributed by atoms with Gasteiger partial charge in [0.2, 0.25) is 0 Å². The number of alkyl halides is 3. The fourth-order valence-corrected chi connectivity index (χ4v) is 1.25. The molecule has 1 rings (SSSR count). The van der Waals surface area contributed by atoms with Crippen molar-refractivity contribution in [1.82, 2.24) is 0 Å². The van der Waals surface area contributed by atoms with E-state index in [9.17, 15) is 23.3 Å². The molecule has 1 aromatic rings. The van der Waals surface area contributed by atoms with E-state index in [-0.39, 0.29) is 5.56 Å². The van der Waals surface area contributed by atoms with Crippen LogP contribution >= 0.6 is 0 Å². The maximum atomic E-state index is 12.5. The lowest BCUT2D eigenvalue weighted by Gasteiger charge is -2.10. The summed E-state index contributed by atoms with van der Waals surface area (Å²) in [6, 6.07) is 2.38. The molecule has 0 aliphatic carbocycles. The molecule has 0 saturated carbocycles. The molecule has 0 aliphatic rings. The third kappa shape index (κ3) is 2.97. The van der Waals surface area contributed by atoms with Crippen molar-refractivity contribution < 1.29 is 18.1 Å². The Bertz CT molecular complexity index is 488. The molecule has 0 amide bonds. The summed E-state index contributed by atoms with van der Waals surface area (Å²) in [6.07, 6.45) is 0.458. The van der Waals surface area contributed by atoms with Gasteiger partial charge >= 0.3 is 6.18 Å². The van der Waals surface area contributed by atoms with Crippen LogP contribution < -0.4 is 0 Å². The standard InChI is InChI=1S/C11H8F3NO2/c1-3-7(2)8-4-9(11(12,13)14)6-10(5-8)15(16)17/h1,4-7H,2H3. The monoisotopic (exact) mass is 243 g/mol. The van der Waals surface area contributed by atoms with Crippen molar-refractivity contribution in [3.05, 3.63) is 39.4 Å². The predicted octanol–water partition coefficient (Wildman–Crippen LogP) is 3.35. The molecular weight excluding hydrogens is 235 g/mol. The van der Waals surface area contributed by atoms with Crippen LogP contribution in [0.2, 0.25) is 0 Å². The van der Waals surface area contributed by atoms with Gasteiger partial charge in [-0.05, 0) is 18.6 Å². The van der Waals surface area contributed by atoms with Gasteiger partial charge in [0, 0.05) is 18.1 Å². The van der Waals surface area contributed by atoms with Crippen LogP contribution in [0.4, 0.5) is 18.9 Å². The first-order valence-electron chi connectivity index (χ1n) is 4.58. The van der Waals surface area contributed by atoms with Gasteiger partial charge in [-0.1, -0.05) is 5.92 Å². The van der Waals surface area contributed by atoms with Crippen molar-refractivity contribution in [2.75, 3.05) is 0 Å². The third-order valence-electron chi connectivity index (χ3n) is 2.23. The molecule has 0 heterocycles. The molecule has 90 valence electrons. The number of halogens is 3. The molecular formula is C11H8F3NO2. The SMILES string of the molecule is C#CC(C)c1cc([N+](=O)[O-])cc(C(F)(F)F)c1. The van der Waals surface area contributed by atoms with Gasteiger partial charge in [-0.25, -0.2) is 0 Å². The van der Waals surface area contributed by atoms with E-state index in [0.29, 0.717) is 6.07 Å². The Morgan fingerprint density at radius 1 is 1.41 bits per heavy atom. The van der Waals surface area contributed by atoms with Crippen LogP contribution in [0, 0.1) is 22.5 Å². The lowest BCUT2D eigenvalue weighted by Crippen LogP contribution is -2.07. The summed E-state index contributed by atoms with van der Waals surface area (Å²) in [5.74, 6) is 1.62. The van der Waals surface area contributed by atoms with Crippen LogP contribution in [-0.4, -0.2) is 4.92 Å². The first-order valence-corrected chi connectivity index (χ1v) is 4.58. The van der Waals surface area contributed by atoms with Crippen molar-refractivity contribution in [2.45, 2.75) is 19.0 Å². The molecule has 6 heteroatoms. The largest absolute Gasteiger partial charge is 0.416 e. The van der Waals surface area contributed by atoms with Crippen LogP contribution in [0.15, 0.2) is 18.2 Å². The minimum absolute atomic E-state index is 0.106. The lowest BCUT2D eigenvalue weighted by atomic mass is 9.99. The van der Waals surface area contributed by atoms with E-state index in [1.54, 1.807) is 0 Å². The van der Waals surface area contributed by atoms with Crippen LogP contribution in [0.1, 0.15) is 24.0 Å². The van der Waals surface area contributed by atoms with E-state index < -0.39 is 28.3 Å². The number of hydrogen-bond acceptors (Lipinski definition) is 2. The second-order valence-corrected chi connectivity index (χ2v) is 3.46. The predicted molar refractivity (Wildman–Crippen MR) is 55.3 cm³/mol. The van der Waals surface area contributed by atoms with Crippen molar-refractivity contribution in [3.8, 4) is 12.3 Å². The van der Waals surface area contributed by atoms with E-state index >= 15 is 0 Å². The number of benzene rings is 1. The number of non-ortho nitro benzene ring substituents is 1. The second kappa shape index (κ2) is 4.45. The Morgan fingerprint density at radius 2 is 2.00 bits per heavy atom. The number of rotatable bonds is 2. The molecule has 0 saturated heterocycles. The Labute approximate surface area is 95.4 Å². The number of nitro groups is 1. The number of nitrogens with zero attached hydrogens (tertiary/aromatic N) is 1. The Balaban J connectivity index is 3.40. The molecule has 1 unspecified atom stereocenters. The lowest BCUT2D eigenvalue weighted by molar-refractivity contribution is -0.385. The minimum Gasteiger partial charge on any atom is -0.258 e. The van der Waals surface area contributed by atoms with E-state index in [2.05, 4.69) is 5.92 Å². The molecule has 0 bridgehead atoms. The molecule has 0 radical (unpaired) electrons. The zero-order valence-electron chi connectivity index (χ0n) is 8.78. The number of terminal acetylenes is 1. The summed E-state index contributed by atoms with van der Waals surface area (Å²) in [5.41, 5.74) is -1.57. The highest BCUT2D eigenvalue weighted by Gasteiger charge is 2.33. The van der Waals surface area contributed by atoms with Crippen molar-refractivity contribution in [1.29, 1.82) is 0 Å². The van der Waals surface area contributed by atoms with E-state index in [1.807, 2.05) is 0 Å². The molecule has 0 spiro atoms. The smallest absolute Gasteiger partial charge is 0.258 e. The van der Waals surface area contributed by atoms with Gasteiger partial charge in [0.05, 0.1) is 10.5 Å². The molecule has 17 heavy (non-hydrogen) atoms. The third-order valence-corrected chi connectivity index (χ3v) is 2.23. The molecule has 1 aromatic carbocycles. The Morgan fingerprint density at radius 3 is 2.41 bits per heavy atom. The first kappa shape index (κ1) is 13.0. The first-order chi connectivity index (χ1) is 7.75. The van der Waals surface area contributed by atoms with Crippen LogP contribution in [0.5, 0.6) is 0 Å². The van der Waals surface area contributed by atoms with E-state index in [0.717, 1.165) is 12.1 Å². The van der Waals surface area contributed by atoms with Crippen LogP contribution in [0.25, 0.3) is 0 Å². The molecule has 0 N–H and O–H groups in total. The van der Waals surface area contributed by atoms with Gasteiger partial charge in [-0.15, -0.1) is 6.42 Å². The molecule has 1 atom stereocenters. The second-order valence-electron chi connectivity index (χ2n) is 3.46. The Kier molecular flexibility index (Phi) is 3.42. The summed E-state index contributed by atoms with van der Waals surface area (Å²) in [6.45, 7) is 1.50. The average Bonchev–Trinajstić information content (AvgIpc) is 2.26. The minimum atomic E-state index is -4.63. The zero-order valence-corrected chi connectivity index (χ0v) is 8.78. The van der Waals surface area contributed by atoms with Gasteiger partial charge in [0.15, 0.2) is 0 Å². The normalized spacial score (nSPS) is 12.9. The maximum absolute atomic E-state index is 12.5. The average molecular weight is 243 g/mol. The van der Waals surface area contributed by atoms with Crippen LogP contribution in [-0.2, 0) is 6.18 Å². The zero-order chi connectivity index (χ0) is 13.2. The highest BCUT2D eigenvalue weighted by molar-refractivity contribution is 5.43. The highest BCUT2D eigenvalue weighted by atomic mass is 19.4. The number of hydrogen-bond donors (Lipinski definition) is 0. The van der Waals surface area contributed by atoms with Crippen molar-refractivity contribution in [2.24, 2.45) is 0 Å². The quantitative estimate of drug-likeness (QED) is 0.454. The van der Waals surface area contributed by atoms with Gasteiger partial charge in [-0.2, -0.15) is 13.2 Å². The molecule has 3 nitrogen and oxygen atoms in total. The fraction of sp³-hybridized carbons (Fsp3) is 0.273. The fourth-order valence-electron chi connectivity index (χ4n) is 1.25.